The van der Waals surface area contributed by atoms with Crippen molar-refractivity contribution in [3.63, 3.8) is 0 Å². The van der Waals surface area contributed by atoms with Crippen molar-refractivity contribution in [3.8, 4) is 0 Å². The Morgan fingerprint density at radius 1 is 1.14 bits per heavy atom. The molecule has 1 spiro atoms. The molecule has 0 atom stereocenters. The van der Waals surface area contributed by atoms with Gasteiger partial charge in [0.1, 0.15) is 11.1 Å². The van der Waals surface area contributed by atoms with Gasteiger partial charge in [0.25, 0.3) is 5.91 Å². The Kier molecular flexibility index (Phi) is 6.13. The predicted octanol–water partition coefficient (Wildman–Crippen LogP) is 2.43. The highest BCUT2D eigenvalue weighted by Gasteiger charge is 2.54. The second kappa shape index (κ2) is 8.13. The largest absolute Gasteiger partial charge is 0.444 e. The molecule has 0 saturated carbocycles. The molecular formula is C21H36N4O4. The van der Waals surface area contributed by atoms with E-state index in [0.29, 0.717) is 44.7 Å². The number of likely N-dealkylation sites (tertiary alicyclic amines) is 2. The summed E-state index contributed by atoms with van der Waals surface area (Å²) < 4.78 is 5.43. The zero-order valence-corrected chi connectivity index (χ0v) is 18.5. The Morgan fingerprint density at radius 2 is 1.72 bits per heavy atom. The standard InChI is InChI=1S/C21H36N4O4/c1-15(2)14-23-12-8-21(9-13-23)17(26)25(18(27)22-21)16-6-10-24(11-7-16)19(28)29-20(3,4)5/h15-16H,6-14H2,1-5H3,(H,22,27). The summed E-state index contributed by atoms with van der Waals surface area (Å²) in [6.45, 7) is 13.6. The molecule has 8 nitrogen and oxygen atoms in total. The van der Waals surface area contributed by atoms with E-state index in [9.17, 15) is 14.4 Å². The molecule has 4 amide bonds. The predicted molar refractivity (Wildman–Crippen MR) is 109 cm³/mol. The topological polar surface area (TPSA) is 82.2 Å². The second-order valence-corrected chi connectivity index (χ2v) is 10.1. The number of urea groups is 1. The smallest absolute Gasteiger partial charge is 0.410 e. The molecule has 3 rings (SSSR count). The first-order chi connectivity index (χ1) is 13.5. The van der Waals surface area contributed by atoms with Gasteiger partial charge in [0.2, 0.25) is 0 Å². The Labute approximate surface area is 173 Å². The van der Waals surface area contributed by atoms with E-state index in [1.54, 1.807) is 4.90 Å². The Bertz CT molecular complexity index is 642. The molecule has 29 heavy (non-hydrogen) atoms. The van der Waals surface area contributed by atoms with Gasteiger partial charge in [-0.1, -0.05) is 13.8 Å². The monoisotopic (exact) mass is 408 g/mol. The highest BCUT2D eigenvalue weighted by atomic mass is 16.6. The minimum absolute atomic E-state index is 0.0811. The summed E-state index contributed by atoms with van der Waals surface area (Å²) >= 11 is 0. The number of amides is 4. The minimum Gasteiger partial charge on any atom is -0.444 e. The summed E-state index contributed by atoms with van der Waals surface area (Å²) in [6.07, 6.45) is 2.18. The number of ether oxygens (including phenoxy) is 1. The number of hydrogen-bond donors (Lipinski definition) is 1. The first-order valence-electron chi connectivity index (χ1n) is 10.9. The van der Waals surface area contributed by atoms with Crippen LogP contribution >= 0.6 is 0 Å². The summed E-state index contributed by atoms with van der Waals surface area (Å²) in [5.74, 6) is 0.506. The van der Waals surface area contributed by atoms with Crippen LogP contribution in [0.2, 0.25) is 0 Å². The summed E-state index contributed by atoms with van der Waals surface area (Å²) in [7, 11) is 0. The van der Waals surface area contributed by atoms with Crippen molar-refractivity contribution in [1.82, 2.24) is 20.0 Å². The van der Waals surface area contributed by atoms with Gasteiger partial charge in [-0.05, 0) is 52.4 Å². The van der Waals surface area contributed by atoms with Crippen LogP contribution in [0.3, 0.4) is 0 Å². The van der Waals surface area contributed by atoms with Gasteiger partial charge in [0.05, 0.1) is 0 Å². The van der Waals surface area contributed by atoms with E-state index in [-0.39, 0.29) is 24.1 Å². The zero-order valence-electron chi connectivity index (χ0n) is 18.5. The Morgan fingerprint density at radius 3 is 2.24 bits per heavy atom. The maximum Gasteiger partial charge on any atom is 0.410 e. The van der Waals surface area contributed by atoms with Crippen molar-refractivity contribution in [2.75, 3.05) is 32.7 Å². The first kappa shape index (κ1) is 21.9. The van der Waals surface area contributed by atoms with E-state index in [0.717, 1.165) is 19.6 Å². The van der Waals surface area contributed by atoms with E-state index in [1.807, 2.05) is 20.8 Å². The molecule has 3 aliphatic rings. The lowest BCUT2D eigenvalue weighted by Crippen LogP contribution is -2.56. The normalized spacial score (nSPS) is 23.8. The molecule has 3 fully saturated rings. The lowest BCUT2D eigenvalue weighted by atomic mass is 9.86. The molecule has 0 radical (unpaired) electrons. The van der Waals surface area contributed by atoms with Crippen molar-refractivity contribution in [2.45, 2.75) is 77.5 Å². The molecule has 3 heterocycles. The van der Waals surface area contributed by atoms with E-state index in [2.05, 4.69) is 24.1 Å². The maximum absolute atomic E-state index is 13.2. The van der Waals surface area contributed by atoms with Gasteiger partial charge in [0, 0.05) is 38.8 Å². The van der Waals surface area contributed by atoms with E-state index in [4.69, 9.17) is 4.74 Å². The van der Waals surface area contributed by atoms with Crippen LogP contribution < -0.4 is 5.32 Å². The summed E-state index contributed by atoms with van der Waals surface area (Å²) in [5.41, 5.74) is -1.28. The fraction of sp³-hybridized carbons (Fsp3) is 0.857. The first-order valence-corrected chi connectivity index (χ1v) is 10.9. The molecule has 0 aromatic carbocycles. The quantitative estimate of drug-likeness (QED) is 0.726. The van der Waals surface area contributed by atoms with Crippen LogP contribution in [0.1, 0.15) is 60.3 Å². The average molecular weight is 409 g/mol. The highest BCUT2D eigenvalue weighted by molar-refractivity contribution is 6.07. The van der Waals surface area contributed by atoms with E-state index >= 15 is 0 Å². The van der Waals surface area contributed by atoms with Gasteiger partial charge in [-0.2, -0.15) is 0 Å². The van der Waals surface area contributed by atoms with Crippen LogP contribution in [0.15, 0.2) is 0 Å². The Hall–Kier alpha value is -1.83. The molecule has 3 aliphatic heterocycles. The van der Waals surface area contributed by atoms with Crippen molar-refractivity contribution in [2.24, 2.45) is 5.92 Å². The van der Waals surface area contributed by atoms with Crippen molar-refractivity contribution >= 4 is 18.0 Å². The molecule has 0 aromatic heterocycles. The number of nitrogens with zero attached hydrogens (tertiary/aromatic N) is 3. The van der Waals surface area contributed by atoms with Gasteiger partial charge in [-0.3, -0.25) is 9.69 Å². The number of imide groups is 1. The minimum atomic E-state index is -0.743. The number of nitrogens with one attached hydrogen (secondary N) is 1. The van der Waals surface area contributed by atoms with Gasteiger partial charge in [-0.15, -0.1) is 0 Å². The van der Waals surface area contributed by atoms with E-state index < -0.39 is 11.1 Å². The van der Waals surface area contributed by atoms with Gasteiger partial charge in [0.15, 0.2) is 0 Å². The molecule has 8 heteroatoms. The Balaban J connectivity index is 1.57. The number of piperidine rings is 2. The molecule has 0 unspecified atom stereocenters. The van der Waals surface area contributed by atoms with Crippen LogP contribution in [0, 0.1) is 5.92 Å². The van der Waals surface area contributed by atoms with Crippen LogP contribution in [0.5, 0.6) is 0 Å². The summed E-state index contributed by atoms with van der Waals surface area (Å²) in [4.78, 5) is 43.7. The highest BCUT2D eigenvalue weighted by Crippen LogP contribution is 2.33. The SMILES string of the molecule is CC(C)CN1CCC2(CC1)NC(=O)N(C1CCN(C(=O)OC(C)(C)C)CC1)C2=O. The zero-order chi connectivity index (χ0) is 21.4. The molecule has 0 aromatic rings. The third-order valence-corrected chi connectivity index (χ3v) is 6.01. The fourth-order valence-corrected chi connectivity index (χ4v) is 4.58. The molecular weight excluding hydrogens is 372 g/mol. The van der Waals surface area contributed by atoms with E-state index in [1.165, 1.54) is 4.90 Å². The molecule has 3 saturated heterocycles. The lowest BCUT2D eigenvalue weighted by molar-refractivity contribution is -0.135. The van der Waals surface area contributed by atoms with Gasteiger partial charge < -0.3 is 19.9 Å². The maximum atomic E-state index is 13.2. The fourth-order valence-electron chi connectivity index (χ4n) is 4.58. The van der Waals surface area contributed by atoms with Crippen molar-refractivity contribution in [3.05, 3.63) is 0 Å². The van der Waals surface area contributed by atoms with Crippen LogP contribution in [-0.2, 0) is 9.53 Å². The third kappa shape index (κ3) is 4.85. The average Bonchev–Trinajstić information content (AvgIpc) is 2.85. The summed E-state index contributed by atoms with van der Waals surface area (Å²) in [6, 6.07) is -0.433. The van der Waals surface area contributed by atoms with Gasteiger partial charge in [-0.25, -0.2) is 9.59 Å². The van der Waals surface area contributed by atoms with Crippen LogP contribution in [0.4, 0.5) is 9.59 Å². The van der Waals surface area contributed by atoms with Crippen molar-refractivity contribution in [1.29, 1.82) is 0 Å². The third-order valence-electron chi connectivity index (χ3n) is 6.01. The number of carbonyl (C=O) groups is 3. The molecule has 164 valence electrons. The van der Waals surface area contributed by atoms with Crippen LogP contribution in [-0.4, -0.2) is 82.6 Å². The number of rotatable bonds is 3. The number of carbonyl (C=O) groups excluding carboxylic acids is 3. The van der Waals surface area contributed by atoms with Gasteiger partial charge >= 0.3 is 12.1 Å². The second-order valence-electron chi connectivity index (χ2n) is 10.1. The molecule has 0 bridgehead atoms. The number of hydrogen-bond acceptors (Lipinski definition) is 5. The molecule has 1 N–H and O–H groups in total. The van der Waals surface area contributed by atoms with Crippen LogP contribution in [0.25, 0.3) is 0 Å². The lowest BCUT2D eigenvalue weighted by Gasteiger charge is -2.39. The summed E-state index contributed by atoms with van der Waals surface area (Å²) in [5, 5.41) is 3.01. The molecule has 0 aliphatic carbocycles. The van der Waals surface area contributed by atoms with Crippen molar-refractivity contribution < 1.29 is 19.1 Å².